The van der Waals surface area contributed by atoms with E-state index in [1.165, 1.54) is 11.8 Å². The van der Waals surface area contributed by atoms with Crippen LogP contribution in [0.4, 0.5) is 0 Å². The first-order valence-corrected chi connectivity index (χ1v) is 10.6. The van der Waals surface area contributed by atoms with Crippen molar-refractivity contribution in [1.29, 1.82) is 0 Å². The molecule has 1 amide bonds. The zero-order valence-corrected chi connectivity index (χ0v) is 17.4. The van der Waals surface area contributed by atoms with Crippen molar-refractivity contribution < 1.29 is 14.3 Å². The zero-order chi connectivity index (χ0) is 20.2. The molecule has 0 saturated heterocycles. The van der Waals surface area contributed by atoms with Crippen LogP contribution in [0.2, 0.25) is 5.02 Å². The maximum atomic E-state index is 12.5. The molecule has 0 fully saturated rings. The molecule has 1 aliphatic rings. The summed E-state index contributed by atoms with van der Waals surface area (Å²) in [5, 5.41) is 4.44. The Kier molecular flexibility index (Phi) is 5.97. The summed E-state index contributed by atoms with van der Waals surface area (Å²) in [5.41, 5.74) is 1.91. The van der Waals surface area contributed by atoms with E-state index >= 15 is 0 Å². The fraction of sp³-hybridized carbons (Fsp3) is 0.238. The number of hydrogen-bond donors (Lipinski definition) is 1. The minimum Gasteiger partial charge on any atom is -0.486 e. The predicted molar refractivity (Wildman–Crippen MR) is 113 cm³/mol. The fourth-order valence-electron chi connectivity index (χ4n) is 3.02. The quantitative estimate of drug-likeness (QED) is 0.593. The van der Waals surface area contributed by atoms with E-state index in [-0.39, 0.29) is 17.7 Å². The van der Waals surface area contributed by atoms with Gasteiger partial charge in [-0.2, -0.15) is 0 Å². The van der Waals surface area contributed by atoms with Gasteiger partial charge >= 0.3 is 0 Å². The molecule has 29 heavy (non-hydrogen) atoms. The van der Waals surface area contributed by atoms with Crippen LogP contribution in [-0.4, -0.2) is 34.4 Å². The minimum atomic E-state index is -0.144. The number of imidazole rings is 1. The van der Waals surface area contributed by atoms with Crippen molar-refractivity contribution in [2.75, 3.05) is 19.0 Å². The molecule has 2 heterocycles. The summed E-state index contributed by atoms with van der Waals surface area (Å²) < 4.78 is 13.1. The van der Waals surface area contributed by atoms with Crippen LogP contribution in [0, 0.1) is 0 Å². The van der Waals surface area contributed by atoms with Crippen molar-refractivity contribution in [3.05, 3.63) is 65.4 Å². The third kappa shape index (κ3) is 4.68. The van der Waals surface area contributed by atoms with Crippen molar-refractivity contribution in [1.82, 2.24) is 14.9 Å². The van der Waals surface area contributed by atoms with Crippen LogP contribution in [0.1, 0.15) is 18.5 Å². The smallest absolute Gasteiger partial charge is 0.230 e. The molecule has 6 nitrogen and oxygen atoms in total. The number of carbonyl (C=O) groups is 1. The van der Waals surface area contributed by atoms with Gasteiger partial charge in [-0.3, -0.25) is 9.36 Å². The number of ether oxygens (including phenoxy) is 2. The van der Waals surface area contributed by atoms with E-state index in [4.69, 9.17) is 21.1 Å². The number of amides is 1. The van der Waals surface area contributed by atoms with E-state index in [1.54, 1.807) is 6.20 Å². The second-order valence-corrected chi connectivity index (χ2v) is 7.92. The number of halogens is 1. The zero-order valence-electron chi connectivity index (χ0n) is 15.8. The van der Waals surface area contributed by atoms with Crippen LogP contribution >= 0.6 is 23.4 Å². The van der Waals surface area contributed by atoms with Gasteiger partial charge in [0.05, 0.1) is 11.8 Å². The van der Waals surface area contributed by atoms with Gasteiger partial charge in [0.25, 0.3) is 0 Å². The van der Waals surface area contributed by atoms with Gasteiger partial charge in [-0.05, 0) is 48.9 Å². The van der Waals surface area contributed by atoms with Crippen molar-refractivity contribution in [2.24, 2.45) is 0 Å². The second kappa shape index (κ2) is 8.80. The molecule has 3 aromatic rings. The molecular formula is C21H20ClN3O3S. The topological polar surface area (TPSA) is 65.4 Å². The highest BCUT2D eigenvalue weighted by Gasteiger charge is 2.16. The first-order chi connectivity index (χ1) is 14.1. The van der Waals surface area contributed by atoms with E-state index in [9.17, 15) is 4.79 Å². The summed E-state index contributed by atoms with van der Waals surface area (Å²) in [5.74, 6) is 1.65. The fourth-order valence-corrected chi connectivity index (χ4v) is 3.93. The highest BCUT2D eigenvalue weighted by molar-refractivity contribution is 7.99. The van der Waals surface area contributed by atoms with Crippen LogP contribution in [0.15, 0.2) is 60.0 Å². The maximum absolute atomic E-state index is 12.5. The average molecular weight is 430 g/mol. The second-order valence-electron chi connectivity index (χ2n) is 6.54. The van der Waals surface area contributed by atoms with E-state index in [0.717, 1.165) is 22.2 Å². The third-order valence-corrected chi connectivity index (χ3v) is 5.71. The molecule has 0 spiro atoms. The average Bonchev–Trinajstić information content (AvgIpc) is 3.21. The normalized spacial score (nSPS) is 13.7. The minimum absolute atomic E-state index is 0.0666. The lowest BCUT2D eigenvalue weighted by molar-refractivity contribution is -0.119. The standard InChI is InChI=1S/C21H20ClN3O3S/c1-14(15-2-7-18-19(12-15)28-11-10-27-18)24-20(26)13-29-21-23-8-9-25(21)17-5-3-16(22)4-6-17/h2-9,12,14H,10-11,13H2,1H3,(H,24,26)/t14-/m0/s1. The summed E-state index contributed by atoms with van der Waals surface area (Å²) in [4.78, 5) is 16.8. The molecule has 1 aliphatic heterocycles. The summed E-state index contributed by atoms with van der Waals surface area (Å²) in [6, 6.07) is 13.1. The van der Waals surface area contributed by atoms with Gasteiger partial charge in [0.1, 0.15) is 13.2 Å². The Hall–Kier alpha value is -2.64. The van der Waals surface area contributed by atoms with Crippen molar-refractivity contribution in [3.63, 3.8) is 0 Å². The van der Waals surface area contributed by atoms with Crippen molar-refractivity contribution in [3.8, 4) is 17.2 Å². The largest absolute Gasteiger partial charge is 0.486 e. The van der Waals surface area contributed by atoms with Crippen LogP contribution in [0.25, 0.3) is 5.69 Å². The van der Waals surface area contributed by atoms with E-state index in [1.807, 2.05) is 60.2 Å². The van der Waals surface area contributed by atoms with E-state index in [0.29, 0.717) is 24.0 Å². The maximum Gasteiger partial charge on any atom is 0.230 e. The molecule has 0 bridgehead atoms. The Morgan fingerprint density at radius 1 is 1.21 bits per heavy atom. The predicted octanol–water partition coefficient (Wildman–Crippen LogP) is 4.27. The monoisotopic (exact) mass is 429 g/mol. The molecule has 150 valence electrons. The Balaban J connectivity index is 1.36. The van der Waals surface area contributed by atoms with Crippen LogP contribution < -0.4 is 14.8 Å². The lowest BCUT2D eigenvalue weighted by Crippen LogP contribution is -2.28. The lowest BCUT2D eigenvalue weighted by atomic mass is 10.1. The molecular weight excluding hydrogens is 410 g/mol. The highest BCUT2D eigenvalue weighted by Crippen LogP contribution is 2.32. The third-order valence-electron chi connectivity index (χ3n) is 4.49. The number of thioether (sulfide) groups is 1. The lowest BCUT2D eigenvalue weighted by Gasteiger charge is -2.21. The SMILES string of the molecule is C[C@H](NC(=O)CSc1nccn1-c1ccc(Cl)cc1)c1ccc2c(c1)OCCO2. The van der Waals surface area contributed by atoms with Crippen LogP contribution in [0.3, 0.4) is 0 Å². The van der Waals surface area contributed by atoms with Crippen LogP contribution in [-0.2, 0) is 4.79 Å². The van der Waals surface area contributed by atoms with Gasteiger partial charge in [0.15, 0.2) is 16.7 Å². The molecule has 1 N–H and O–H groups in total. The number of aromatic nitrogens is 2. The highest BCUT2D eigenvalue weighted by atomic mass is 35.5. The summed E-state index contributed by atoms with van der Waals surface area (Å²) in [7, 11) is 0. The van der Waals surface area contributed by atoms with E-state index < -0.39 is 0 Å². The Labute approximate surface area is 178 Å². The Bertz CT molecular complexity index is 1010. The first kappa shape index (κ1) is 19.7. The van der Waals surface area contributed by atoms with Crippen molar-refractivity contribution in [2.45, 2.75) is 18.1 Å². The first-order valence-electron chi connectivity index (χ1n) is 9.21. The molecule has 2 aromatic carbocycles. The van der Waals surface area contributed by atoms with Gasteiger partial charge in [-0.15, -0.1) is 0 Å². The number of hydrogen-bond acceptors (Lipinski definition) is 5. The molecule has 8 heteroatoms. The molecule has 0 aliphatic carbocycles. The number of carbonyl (C=O) groups excluding carboxylic acids is 1. The molecule has 1 aromatic heterocycles. The molecule has 4 rings (SSSR count). The molecule has 0 radical (unpaired) electrons. The number of nitrogens with one attached hydrogen (secondary N) is 1. The van der Waals surface area contributed by atoms with E-state index in [2.05, 4.69) is 10.3 Å². The number of benzene rings is 2. The molecule has 0 unspecified atom stereocenters. The number of fused-ring (bicyclic) bond motifs is 1. The summed E-state index contributed by atoms with van der Waals surface area (Å²) >= 11 is 7.34. The van der Waals surface area contributed by atoms with Gasteiger partial charge < -0.3 is 14.8 Å². The summed E-state index contributed by atoms with van der Waals surface area (Å²) in [6.45, 7) is 3.04. The van der Waals surface area contributed by atoms with Gasteiger partial charge in [0.2, 0.25) is 5.91 Å². The van der Waals surface area contributed by atoms with Gasteiger partial charge in [-0.25, -0.2) is 4.98 Å². The van der Waals surface area contributed by atoms with Crippen molar-refractivity contribution >= 4 is 29.3 Å². The Morgan fingerprint density at radius 2 is 1.97 bits per heavy atom. The summed E-state index contributed by atoms with van der Waals surface area (Å²) in [6.07, 6.45) is 3.58. The van der Waals surface area contributed by atoms with Gasteiger partial charge in [-0.1, -0.05) is 29.4 Å². The Morgan fingerprint density at radius 3 is 2.76 bits per heavy atom. The number of rotatable bonds is 6. The van der Waals surface area contributed by atoms with Gasteiger partial charge in [0, 0.05) is 23.1 Å². The van der Waals surface area contributed by atoms with Crippen LogP contribution in [0.5, 0.6) is 11.5 Å². The molecule has 1 atom stereocenters. The number of nitrogens with zero attached hydrogens (tertiary/aromatic N) is 2. The molecule has 0 saturated carbocycles.